The number of nitrogens with one attached hydrogen (secondary N) is 2. The van der Waals surface area contributed by atoms with Crippen LogP contribution >= 0.6 is 11.3 Å². The molecule has 0 bridgehead atoms. The van der Waals surface area contributed by atoms with Gasteiger partial charge in [0.2, 0.25) is 5.91 Å². The van der Waals surface area contributed by atoms with Gasteiger partial charge >= 0.3 is 0 Å². The summed E-state index contributed by atoms with van der Waals surface area (Å²) < 4.78 is 0. The molecule has 2 N–H and O–H groups in total. The first-order chi connectivity index (χ1) is 8.16. The minimum Gasteiger partial charge on any atom is -0.355 e. The van der Waals surface area contributed by atoms with Crippen LogP contribution in [0.25, 0.3) is 0 Å². The van der Waals surface area contributed by atoms with Gasteiger partial charge in [-0.05, 0) is 26.8 Å². The van der Waals surface area contributed by atoms with Gasteiger partial charge in [0.25, 0.3) is 0 Å². The van der Waals surface area contributed by atoms with Gasteiger partial charge in [-0.25, -0.2) is 4.98 Å². The molecule has 1 atom stereocenters. The molecular weight excluding hydrogens is 234 g/mol. The van der Waals surface area contributed by atoms with E-state index in [-0.39, 0.29) is 11.8 Å². The van der Waals surface area contributed by atoms with E-state index in [0.29, 0.717) is 0 Å². The predicted molar refractivity (Wildman–Crippen MR) is 69.3 cm³/mol. The Morgan fingerprint density at radius 3 is 3.00 bits per heavy atom. The van der Waals surface area contributed by atoms with Gasteiger partial charge in [0.15, 0.2) is 0 Å². The van der Waals surface area contributed by atoms with Crippen LogP contribution in [0.4, 0.5) is 0 Å². The summed E-state index contributed by atoms with van der Waals surface area (Å²) in [6.07, 6.45) is 1.85. The lowest BCUT2D eigenvalue weighted by molar-refractivity contribution is -0.124. The van der Waals surface area contributed by atoms with Crippen molar-refractivity contribution in [2.45, 2.75) is 26.7 Å². The Balaban J connectivity index is 1.75. The van der Waals surface area contributed by atoms with Gasteiger partial charge in [0.05, 0.1) is 16.6 Å². The van der Waals surface area contributed by atoms with Crippen molar-refractivity contribution in [1.82, 2.24) is 15.6 Å². The summed E-state index contributed by atoms with van der Waals surface area (Å²) in [6.45, 7) is 6.55. The summed E-state index contributed by atoms with van der Waals surface area (Å²) in [7, 11) is 0. The second-order valence-corrected chi connectivity index (χ2v) is 5.76. The van der Waals surface area contributed by atoms with Crippen LogP contribution < -0.4 is 10.6 Å². The zero-order chi connectivity index (χ0) is 12.3. The molecule has 5 heteroatoms. The standard InChI is InChI=1S/C12H19N3OS/c1-8-11(17-9(2)15-8)4-6-14-12(16)10-3-5-13-7-10/h10,13H,3-7H2,1-2H3,(H,14,16). The molecule has 4 nitrogen and oxygen atoms in total. The van der Waals surface area contributed by atoms with Crippen molar-refractivity contribution in [1.29, 1.82) is 0 Å². The zero-order valence-electron chi connectivity index (χ0n) is 10.4. The molecule has 1 aliphatic rings. The van der Waals surface area contributed by atoms with Crippen LogP contribution in [0.5, 0.6) is 0 Å². The fraction of sp³-hybridized carbons (Fsp3) is 0.667. The normalized spacial score (nSPS) is 19.5. The zero-order valence-corrected chi connectivity index (χ0v) is 11.2. The van der Waals surface area contributed by atoms with E-state index in [0.717, 1.165) is 43.2 Å². The predicted octanol–water partition coefficient (Wildman–Crippen LogP) is 1.03. The number of hydrogen-bond donors (Lipinski definition) is 2. The highest BCUT2D eigenvalue weighted by Crippen LogP contribution is 2.17. The molecule has 1 aromatic rings. The summed E-state index contributed by atoms with van der Waals surface area (Å²) in [5.74, 6) is 0.355. The molecular formula is C12H19N3OS. The van der Waals surface area contributed by atoms with Gasteiger partial charge in [-0.1, -0.05) is 0 Å². The first kappa shape index (κ1) is 12.5. The highest BCUT2D eigenvalue weighted by Gasteiger charge is 2.21. The molecule has 0 aromatic carbocycles. The quantitative estimate of drug-likeness (QED) is 0.842. The number of rotatable bonds is 4. The SMILES string of the molecule is Cc1nc(C)c(CCNC(=O)C2CCNC2)s1. The summed E-state index contributed by atoms with van der Waals surface area (Å²) in [5, 5.41) is 7.32. The van der Waals surface area contributed by atoms with E-state index < -0.39 is 0 Å². The molecule has 1 amide bonds. The minimum absolute atomic E-state index is 0.166. The van der Waals surface area contributed by atoms with E-state index in [2.05, 4.69) is 15.6 Å². The van der Waals surface area contributed by atoms with E-state index in [9.17, 15) is 4.79 Å². The van der Waals surface area contributed by atoms with E-state index in [1.54, 1.807) is 11.3 Å². The van der Waals surface area contributed by atoms with Crippen molar-refractivity contribution in [2.75, 3.05) is 19.6 Å². The monoisotopic (exact) mass is 253 g/mol. The number of amides is 1. The molecule has 17 heavy (non-hydrogen) atoms. The Labute approximate surface area is 106 Å². The van der Waals surface area contributed by atoms with Crippen molar-refractivity contribution in [2.24, 2.45) is 5.92 Å². The first-order valence-electron chi connectivity index (χ1n) is 6.08. The van der Waals surface area contributed by atoms with Crippen molar-refractivity contribution < 1.29 is 4.79 Å². The third-order valence-electron chi connectivity index (χ3n) is 3.08. The Morgan fingerprint density at radius 1 is 1.59 bits per heavy atom. The fourth-order valence-corrected chi connectivity index (χ4v) is 3.06. The second-order valence-electron chi connectivity index (χ2n) is 4.47. The summed E-state index contributed by atoms with van der Waals surface area (Å²) in [4.78, 5) is 17.4. The Hall–Kier alpha value is -0.940. The summed E-state index contributed by atoms with van der Waals surface area (Å²) in [5.41, 5.74) is 1.10. The largest absolute Gasteiger partial charge is 0.355 e. The van der Waals surface area contributed by atoms with Crippen LogP contribution in [0.3, 0.4) is 0 Å². The minimum atomic E-state index is 0.166. The molecule has 2 rings (SSSR count). The second kappa shape index (κ2) is 5.60. The maximum absolute atomic E-state index is 11.8. The highest BCUT2D eigenvalue weighted by molar-refractivity contribution is 7.11. The van der Waals surface area contributed by atoms with E-state index >= 15 is 0 Å². The number of hydrogen-bond acceptors (Lipinski definition) is 4. The van der Waals surface area contributed by atoms with Crippen molar-refractivity contribution in [3.8, 4) is 0 Å². The lowest BCUT2D eigenvalue weighted by atomic mass is 10.1. The van der Waals surface area contributed by atoms with Crippen molar-refractivity contribution in [3.63, 3.8) is 0 Å². The van der Waals surface area contributed by atoms with Gasteiger partial charge in [0, 0.05) is 24.4 Å². The smallest absolute Gasteiger partial charge is 0.224 e. The van der Waals surface area contributed by atoms with Crippen LogP contribution in [0.15, 0.2) is 0 Å². The topological polar surface area (TPSA) is 54.0 Å². The Morgan fingerprint density at radius 2 is 2.41 bits per heavy atom. The maximum atomic E-state index is 11.8. The van der Waals surface area contributed by atoms with Gasteiger partial charge in [-0.2, -0.15) is 0 Å². The molecule has 1 fully saturated rings. The molecule has 1 aliphatic heterocycles. The van der Waals surface area contributed by atoms with Crippen LogP contribution in [0, 0.1) is 19.8 Å². The molecule has 0 saturated carbocycles. The number of aryl methyl sites for hydroxylation is 2. The van der Waals surface area contributed by atoms with Crippen LogP contribution in [0.2, 0.25) is 0 Å². The van der Waals surface area contributed by atoms with Crippen molar-refractivity contribution >= 4 is 17.2 Å². The van der Waals surface area contributed by atoms with Gasteiger partial charge in [-0.15, -0.1) is 11.3 Å². The Kier molecular flexibility index (Phi) is 4.12. The number of aromatic nitrogens is 1. The van der Waals surface area contributed by atoms with E-state index in [1.165, 1.54) is 4.88 Å². The van der Waals surface area contributed by atoms with Gasteiger partial charge < -0.3 is 10.6 Å². The number of nitrogens with zero attached hydrogens (tertiary/aromatic N) is 1. The maximum Gasteiger partial charge on any atom is 0.224 e. The molecule has 1 aromatic heterocycles. The first-order valence-corrected chi connectivity index (χ1v) is 6.90. The lowest BCUT2D eigenvalue weighted by Gasteiger charge is -2.09. The van der Waals surface area contributed by atoms with Crippen molar-refractivity contribution in [3.05, 3.63) is 15.6 Å². The molecule has 1 saturated heterocycles. The number of carbonyl (C=O) groups excluding carboxylic acids is 1. The molecule has 2 heterocycles. The summed E-state index contributed by atoms with van der Waals surface area (Å²) in [6, 6.07) is 0. The molecule has 0 radical (unpaired) electrons. The van der Waals surface area contributed by atoms with E-state index in [1.807, 2.05) is 13.8 Å². The Bertz CT molecular complexity index is 396. The average Bonchev–Trinajstić information content (AvgIpc) is 2.89. The average molecular weight is 253 g/mol. The molecule has 1 unspecified atom stereocenters. The third kappa shape index (κ3) is 3.26. The van der Waals surface area contributed by atoms with Crippen LogP contribution in [-0.4, -0.2) is 30.5 Å². The number of carbonyl (C=O) groups is 1. The van der Waals surface area contributed by atoms with Crippen LogP contribution in [0.1, 0.15) is 22.0 Å². The molecule has 0 aliphatic carbocycles. The van der Waals surface area contributed by atoms with Gasteiger partial charge in [0.1, 0.15) is 0 Å². The van der Waals surface area contributed by atoms with Gasteiger partial charge in [-0.3, -0.25) is 4.79 Å². The summed E-state index contributed by atoms with van der Waals surface area (Å²) >= 11 is 1.72. The molecule has 94 valence electrons. The highest BCUT2D eigenvalue weighted by atomic mass is 32.1. The molecule has 0 spiro atoms. The number of thiazole rings is 1. The van der Waals surface area contributed by atoms with E-state index in [4.69, 9.17) is 0 Å². The lowest BCUT2D eigenvalue weighted by Crippen LogP contribution is -2.33. The fourth-order valence-electron chi connectivity index (χ4n) is 2.13. The third-order valence-corrected chi connectivity index (χ3v) is 4.21. The van der Waals surface area contributed by atoms with Crippen LogP contribution in [-0.2, 0) is 11.2 Å².